The fourth-order valence-electron chi connectivity index (χ4n) is 3.26. The number of hydrazone groups is 1. The Morgan fingerprint density at radius 2 is 1.67 bits per heavy atom. The Hall–Kier alpha value is -3.42. The van der Waals surface area contributed by atoms with Crippen LogP contribution in [0.3, 0.4) is 0 Å². The molecule has 1 saturated carbocycles. The number of amides is 1. The predicted octanol–water partition coefficient (Wildman–Crippen LogP) is 3.03. The highest BCUT2D eigenvalue weighted by molar-refractivity contribution is 5.95. The molecule has 1 fully saturated rings. The second-order valence-corrected chi connectivity index (χ2v) is 7.40. The van der Waals surface area contributed by atoms with Crippen molar-refractivity contribution in [2.24, 2.45) is 10.5 Å². The van der Waals surface area contributed by atoms with Crippen LogP contribution in [-0.4, -0.2) is 46.7 Å². The van der Waals surface area contributed by atoms with Crippen molar-refractivity contribution in [2.45, 2.75) is 12.8 Å². The number of ether oxygens (including phenoxy) is 5. The third kappa shape index (κ3) is 3.98. The first-order chi connectivity index (χ1) is 14.6. The lowest BCUT2D eigenvalue weighted by atomic mass is 10.1. The molecule has 30 heavy (non-hydrogen) atoms. The highest BCUT2D eigenvalue weighted by Crippen LogP contribution is 2.49. The van der Waals surface area contributed by atoms with E-state index in [0.717, 1.165) is 12.8 Å². The molecule has 1 aliphatic carbocycles. The van der Waals surface area contributed by atoms with Crippen molar-refractivity contribution < 1.29 is 28.5 Å². The molecule has 1 heterocycles. The maximum Gasteiger partial charge on any atom is 0.271 e. The number of hydrogen-bond acceptors (Lipinski definition) is 7. The molecule has 1 spiro atoms. The zero-order valence-electron chi connectivity index (χ0n) is 17.2. The molecular weight excluding hydrogens is 388 g/mol. The maximum absolute atomic E-state index is 12.5. The second kappa shape index (κ2) is 8.14. The second-order valence-electron chi connectivity index (χ2n) is 7.40. The summed E-state index contributed by atoms with van der Waals surface area (Å²) in [5.74, 6) is 2.38. The largest absolute Gasteiger partial charge is 0.493 e. The molecule has 0 radical (unpaired) electrons. The van der Waals surface area contributed by atoms with Crippen LogP contribution in [0.1, 0.15) is 28.8 Å². The SMILES string of the molecule is COc1cc(/C=N\NC(=O)c2ccc3c(c2)OCC2(CC2)CO3)cc(OC)c1OC. The van der Waals surface area contributed by atoms with E-state index in [-0.39, 0.29) is 11.3 Å². The van der Waals surface area contributed by atoms with Crippen molar-refractivity contribution in [3.63, 3.8) is 0 Å². The van der Waals surface area contributed by atoms with Crippen molar-refractivity contribution in [1.29, 1.82) is 0 Å². The minimum Gasteiger partial charge on any atom is -0.493 e. The molecule has 2 aliphatic rings. The van der Waals surface area contributed by atoms with Crippen LogP contribution in [0.4, 0.5) is 0 Å². The van der Waals surface area contributed by atoms with Crippen LogP contribution in [0.15, 0.2) is 35.4 Å². The topological polar surface area (TPSA) is 87.6 Å². The Morgan fingerprint density at radius 1 is 1.00 bits per heavy atom. The van der Waals surface area contributed by atoms with E-state index in [4.69, 9.17) is 23.7 Å². The molecule has 0 atom stereocenters. The minimum atomic E-state index is -0.351. The maximum atomic E-state index is 12.5. The van der Waals surface area contributed by atoms with Crippen molar-refractivity contribution in [1.82, 2.24) is 5.43 Å². The fraction of sp³-hybridized carbons (Fsp3) is 0.364. The standard InChI is InChI=1S/C22H24N2O6/c1-26-18-8-14(9-19(27-2)20(18)28-3)11-23-24-21(25)15-4-5-16-17(10-15)30-13-22(6-7-22)12-29-16/h4-5,8-11H,6-7,12-13H2,1-3H3,(H,24,25)/b23-11-. The molecule has 4 rings (SSSR count). The lowest BCUT2D eigenvalue weighted by Gasteiger charge is -2.12. The number of nitrogens with zero attached hydrogens (tertiary/aromatic N) is 1. The Labute approximate surface area is 174 Å². The van der Waals surface area contributed by atoms with Crippen molar-refractivity contribution in [3.05, 3.63) is 41.5 Å². The molecule has 2 aromatic rings. The molecule has 0 saturated heterocycles. The van der Waals surface area contributed by atoms with E-state index < -0.39 is 0 Å². The number of rotatable bonds is 6. The average Bonchev–Trinajstić information content (AvgIpc) is 3.58. The monoisotopic (exact) mass is 412 g/mol. The Kier molecular flexibility index (Phi) is 5.39. The summed E-state index contributed by atoms with van der Waals surface area (Å²) in [6, 6.07) is 8.60. The average molecular weight is 412 g/mol. The quantitative estimate of drug-likeness (QED) is 0.580. The van der Waals surface area contributed by atoms with Gasteiger partial charge in [0.05, 0.1) is 40.8 Å². The normalized spacial score (nSPS) is 16.1. The van der Waals surface area contributed by atoms with Crippen molar-refractivity contribution >= 4 is 12.1 Å². The van der Waals surface area contributed by atoms with Gasteiger partial charge in [-0.25, -0.2) is 5.43 Å². The number of hydrogen-bond donors (Lipinski definition) is 1. The summed E-state index contributed by atoms with van der Waals surface area (Å²) in [4.78, 5) is 12.5. The first-order valence-electron chi connectivity index (χ1n) is 9.60. The summed E-state index contributed by atoms with van der Waals surface area (Å²) < 4.78 is 27.7. The zero-order chi connectivity index (χ0) is 21.1. The number of carbonyl (C=O) groups excluding carboxylic acids is 1. The molecule has 158 valence electrons. The van der Waals surface area contributed by atoms with Crippen LogP contribution in [0.2, 0.25) is 0 Å². The van der Waals surface area contributed by atoms with Crippen LogP contribution in [0, 0.1) is 5.41 Å². The highest BCUT2D eigenvalue weighted by atomic mass is 16.5. The summed E-state index contributed by atoms with van der Waals surface area (Å²) >= 11 is 0. The third-order valence-corrected chi connectivity index (χ3v) is 5.30. The summed E-state index contributed by atoms with van der Waals surface area (Å²) in [6.45, 7) is 1.27. The van der Waals surface area contributed by atoms with Gasteiger partial charge >= 0.3 is 0 Å². The number of methoxy groups -OCH3 is 3. The lowest BCUT2D eigenvalue weighted by Crippen LogP contribution is -2.18. The molecule has 2 aromatic carbocycles. The van der Waals surface area contributed by atoms with Gasteiger partial charge in [-0.1, -0.05) is 0 Å². The minimum absolute atomic E-state index is 0.145. The first kappa shape index (κ1) is 19.9. The Balaban J connectivity index is 1.45. The van der Waals surface area contributed by atoms with E-state index in [2.05, 4.69) is 10.5 Å². The zero-order valence-corrected chi connectivity index (χ0v) is 17.2. The molecule has 8 nitrogen and oxygen atoms in total. The predicted molar refractivity (Wildman–Crippen MR) is 110 cm³/mol. The van der Waals surface area contributed by atoms with Gasteiger partial charge in [0.15, 0.2) is 23.0 Å². The summed E-state index contributed by atoms with van der Waals surface area (Å²) in [6.07, 6.45) is 3.73. The van der Waals surface area contributed by atoms with E-state index in [1.165, 1.54) is 27.5 Å². The summed E-state index contributed by atoms with van der Waals surface area (Å²) in [5.41, 5.74) is 3.78. The molecule has 0 unspecified atom stereocenters. The van der Waals surface area contributed by atoms with Gasteiger partial charge in [0.25, 0.3) is 5.91 Å². The van der Waals surface area contributed by atoms with Gasteiger partial charge in [-0.3, -0.25) is 4.79 Å². The molecule has 0 bridgehead atoms. The van der Waals surface area contributed by atoms with Gasteiger partial charge in [0.1, 0.15) is 0 Å². The first-order valence-corrected chi connectivity index (χ1v) is 9.60. The number of benzene rings is 2. The van der Waals surface area contributed by atoms with E-state index in [1.807, 2.05) is 0 Å². The number of nitrogens with one attached hydrogen (secondary N) is 1. The van der Waals surface area contributed by atoms with Gasteiger partial charge in [0, 0.05) is 16.5 Å². The van der Waals surface area contributed by atoms with E-state index >= 15 is 0 Å². The van der Waals surface area contributed by atoms with Crippen LogP contribution < -0.4 is 29.1 Å². The van der Waals surface area contributed by atoms with Gasteiger partial charge in [-0.05, 0) is 43.2 Å². The molecule has 8 heteroatoms. The lowest BCUT2D eigenvalue weighted by molar-refractivity contribution is 0.0954. The van der Waals surface area contributed by atoms with Gasteiger partial charge in [-0.15, -0.1) is 0 Å². The van der Waals surface area contributed by atoms with Crippen molar-refractivity contribution in [2.75, 3.05) is 34.5 Å². The summed E-state index contributed by atoms with van der Waals surface area (Å²) in [5, 5.41) is 4.04. The molecular formula is C22H24N2O6. The van der Waals surface area contributed by atoms with Crippen LogP contribution in [0.25, 0.3) is 0 Å². The molecule has 1 N–H and O–H groups in total. The van der Waals surface area contributed by atoms with Crippen LogP contribution in [0.5, 0.6) is 28.7 Å². The number of carbonyl (C=O) groups is 1. The molecule has 1 aliphatic heterocycles. The highest BCUT2D eigenvalue weighted by Gasteiger charge is 2.46. The smallest absolute Gasteiger partial charge is 0.271 e. The van der Waals surface area contributed by atoms with Crippen LogP contribution >= 0.6 is 0 Å². The van der Waals surface area contributed by atoms with E-state index in [1.54, 1.807) is 30.3 Å². The summed E-state index contributed by atoms with van der Waals surface area (Å²) in [7, 11) is 4.61. The van der Waals surface area contributed by atoms with Crippen LogP contribution in [-0.2, 0) is 0 Å². The van der Waals surface area contributed by atoms with Crippen molar-refractivity contribution in [3.8, 4) is 28.7 Å². The number of fused-ring (bicyclic) bond motifs is 1. The molecule has 1 amide bonds. The Morgan fingerprint density at radius 3 is 2.27 bits per heavy atom. The van der Waals surface area contributed by atoms with Gasteiger partial charge < -0.3 is 23.7 Å². The molecule has 0 aromatic heterocycles. The van der Waals surface area contributed by atoms with Gasteiger partial charge in [-0.2, -0.15) is 5.10 Å². The third-order valence-electron chi connectivity index (χ3n) is 5.30. The van der Waals surface area contributed by atoms with Gasteiger partial charge in [0.2, 0.25) is 5.75 Å². The van der Waals surface area contributed by atoms with E-state index in [0.29, 0.717) is 53.1 Å². The fourth-order valence-corrected chi connectivity index (χ4v) is 3.26. The Bertz CT molecular complexity index is 959. The van der Waals surface area contributed by atoms with E-state index in [9.17, 15) is 4.79 Å².